The third-order valence-electron chi connectivity index (χ3n) is 5.94. The van der Waals surface area contributed by atoms with Crippen LogP contribution < -0.4 is 15.0 Å². The fraction of sp³-hybridized carbons (Fsp3) is 0.280. The predicted octanol–water partition coefficient (Wildman–Crippen LogP) is 5.17. The van der Waals surface area contributed by atoms with Crippen molar-refractivity contribution in [3.63, 3.8) is 0 Å². The van der Waals surface area contributed by atoms with Gasteiger partial charge in [-0.25, -0.2) is 9.97 Å². The molecule has 1 N–H and O–H groups in total. The smallest absolute Gasteiger partial charge is 0.143 e. The number of aromatic nitrogens is 2. The van der Waals surface area contributed by atoms with E-state index in [1.807, 2.05) is 19.1 Å². The maximum absolute atomic E-state index is 5.31. The van der Waals surface area contributed by atoms with E-state index >= 15 is 0 Å². The molecule has 0 atom stereocenters. The van der Waals surface area contributed by atoms with Crippen molar-refractivity contribution in [1.82, 2.24) is 14.9 Å². The largest absolute Gasteiger partial charge is 0.497 e. The highest BCUT2D eigenvalue weighted by atomic mass is 32.1. The number of aryl methyl sites for hydroxylation is 1. The van der Waals surface area contributed by atoms with Crippen LogP contribution in [0.3, 0.4) is 0 Å². The molecule has 0 spiro atoms. The van der Waals surface area contributed by atoms with E-state index in [0.29, 0.717) is 0 Å². The first-order valence-corrected chi connectivity index (χ1v) is 11.7. The van der Waals surface area contributed by atoms with E-state index in [9.17, 15) is 0 Å². The molecule has 1 saturated heterocycles. The van der Waals surface area contributed by atoms with Gasteiger partial charge < -0.3 is 19.9 Å². The van der Waals surface area contributed by atoms with E-state index in [2.05, 4.69) is 68.9 Å². The van der Waals surface area contributed by atoms with E-state index in [0.717, 1.165) is 70.6 Å². The number of rotatable bonds is 5. The summed E-state index contributed by atoms with van der Waals surface area (Å²) in [4.78, 5) is 15.2. The molecule has 1 fully saturated rings. The summed E-state index contributed by atoms with van der Waals surface area (Å²) >= 11 is 1.65. The van der Waals surface area contributed by atoms with E-state index in [-0.39, 0.29) is 0 Å². The fourth-order valence-corrected chi connectivity index (χ4v) is 5.07. The number of thiophene rings is 1. The normalized spacial score (nSPS) is 14.7. The lowest BCUT2D eigenvalue weighted by Gasteiger charge is -2.34. The summed E-state index contributed by atoms with van der Waals surface area (Å²) in [6.07, 6.45) is 0. The zero-order chi connectivity index (χ0) is 22.1. The van der Waals surface area contributed by atoms with Gasteiger partial charge in [0.25, 0.3) is 0 Å². The van der Waals surface area contributed by atoms with Gasteiger partial charge in [0.15, 0.2) is 0 Å². The number of hydrogen-bond donors (Lipinski definition) is 1. The van der Waals surface area contributed by atoms with Crippen LogP contribution in [0.1, 0.15) is 5.82 Å². The lowest BCUT2D eigenvalue weighted by atomic mass is 10.1. The average Bonchev–Trinajstić information content (AvgIpc) is 3.24. The summed E-state index contributed by atoms with van der Waals surface area (Å²) in [6.45, 7) is 6.27. The minimum atomic E-state index is 0.761. The summed E-state index contributed by atoms with van der Waals surface area (Å²) in [5.74, 6) is 2.45. The summed E-state index contributed by atoms with van der Waals surface area (Å²) in [7, 11) is 3.86. The summed E-state index contributed by atoms with van der Waals surface area (Å²) in [6, 6.07) is 16.8. The zero-order valence-electron chi connectivity index (χ0n) is 18.6. The Bertz CT molecular complexity index is 1210. The lowest BCUT2D eigenvalue weighted by molar-refractivity contribution is 0.313. The molecule has 2 aromatic heterocycles. The van der Waals surface area contributed by atoms with Crippen LogP contribution in [-0.2, 0) is 0 Å². The van der Waals surface area contributed by atoms with Crippen molar-refractivity contribution in [1.29, 1.82) is 0 Å². The van der Waals surface area contributed by atoms with Crippen LogP contribution in [-0.4, -0.2) is 55.2 Å². The molecule has 1 aliphatic rings. The van der Waals surface area contributed by atoms with Gasteiger partial charge in [0.1, 0.15) is 22.2 Å². The van der Waals surface area contributed by atoms with Gasteiger partial charge in [-0.2, -0.15) is 0 Å². The molecule has 0 aliphatic carbocycles. The van der Waals surface area contributed by atoms with Gasteiger partial charge in [-0.1, -0.05) is 12.1 Å². The molecular formula is C25H27N5OS. The summed E-state index contributed by atoms with van der Waals surface area (Å²) in [5.41, 5.74) is 4.54. The minimum Gasteiger partial charge on any atom is -0.497 e. The van der Waals surface area contributed by atoms with Gasteiger partial charge in [-0.15, -0.1) is 11.3 Å². The van der Waals surface area contributed by atoms with Crippen LogP contribution >= 0.6 is 11.3 Å². The molecule has 7 heteroatoms. The predicted molar refractivity (Wildman–Crippen MR) is 134 cm³/mol. The van der Waals surface area contributed by atoms with Gasteiger partial charge in [-0.3, -0.25) is 0 Å². The molecule has 0 bridgehead atoms. The third kappa shape index (κ3) is 4.13. The number of nitrogens with zero attached hydrogens (tertiary/aromatic N) is 4. The molecular weight excluding hydrogens is 418 g/mol. The molecule has 6 nitrogen and oxygen atoms in total. The van der Waals surface area contributed by atoms with Crippen LogP contribution in [0.25, 0.3) is 21.3 Å². The molecule has 5 rings (SSSR count). The zero-order valence-corrected chi connectivity index (χ0v) is 19.4. The molecule has 0 saturated carbocycles. The minimum absolute atomic E-state index is 0.761. The SMILES string of the molecule is COc1ccc(-c2csc3nc(C)nc(Nc4ccc(N5CCN(C)CC5)cc4)c23)cc1. The number of piperazine rings is 1. The van der Waals surface area contributed by atoms with Crippen LogP contribution in [0.2, 0.25) is 0 Å². The first kappa shape index (κ1) is 20.7. The number of fused-ring (bicyclic) bond motifs is 1. The van der Waals surface area contributed by atoms with Crippen molar-refractivity contribution in [2.24, 2.45) is 0 Å². The van der Waals surface area contributed by atoms with Crippen molar-refractivity contribution >= 4 is 38.7 Å². The van der Waals surface area contributed by atoms with Gasteiger partial charge >= 0.3 is 0 Å². The van der Waals surface area contributed by atoms with Crippen LogP contribution in [0.5, 0.6) is 5.75 Å². The second kappa shape index (κ2) is 8.76. The monoisotopic (exact) mass is 445 g/mol. The standard InChI is InChI=1S/C25H27N5OS/c1-17-26-24(28-19-6-8-20(9-7-19)30-14-12-29(2)13-15-30)23-22(16-32-25(23)27-17)18-4-10-21(31-3)11-5-18/h4-11,16H,12-15H2,1-3H3,(H,26,27,28). The molecule has 4 aromatic rings. The van der Waals surface area contributed by atoms with Gasteiger partial charge in [0, 0.05) is 48.5 Å². The molecule has 0 amide bonds. The first-order valence-electron chi connectivity index (χ1n) is 10.8. The Balaban J connectivity index is 1.45. The molecule has 3 heterocycles. The number of hydrogen-bond acceptors (Lipinski definition) is 7. The molecule has 0 radical (unpaired) electrons. The van der Waals surface area contributed by atoms with Crippen LogP contribution in [0.4, 0.5) is 17.2 Å². The highest BCUT2D eigenvalue weighted by Crippen LogP contribution is 2.38. The Labute approximate surface area is 192 Å². The topological polar surface area (TPSA) is 53.5 Å². The highest BCUT2D eigenvalue weighted by Gasteiger charge is 2.16. The van der Waals surface area contributed by atoms with Crippen molar-refractivity contribution in [2.75, 3.05) is 50.6 Å². The van der Waals surface area contributed by atoms with Crippen LogP contribution in [0.15, 0.2) is 53.9 Å². The Kier molecular flexibility index (Phi) is 5.68. The quantitative estimate of drug-likeness (QED) is 0.457. The van der Waals surface area contributed by atoms with Crippen molar-refractivity contribution in [3.8, 4) is 16.9 Å². The average molecular weight is 446 g/mol. The molecule has 1 aliphatic heterocycles. The number of benzene rings is 2. The first-order chi connectivity index (χ1) is 15.6. The number of ether oxygens (including phenoxy) is 1. The molecule has 32 heavy (non-hydrogen) atoms. The number of anilines is 3. The second-order valence-electron chi connectivity index (χ2n) is 8.14. The lowest BCUT2D eigenvalue weighted by Crippen LogP contribution is -2.44. The Hall–Kier alpha value is -3.16. The number of likely N-dealkylation sites (N-methyl/N-ethyl adjacent to an activating group) is 1. The maximum Gasteiger partial charge on any atom is 0.143 e. The van der Waals surface area contributed by atoms with Crippen molar-refractivity contribution in [2.45, 2.75) is 6.92 Å². The van der Waals surface area contributed by atoms with E-state index < -0.39 is 0 Å². The van der Waals surface area contributed by atoms with Crippen molar-refractivity contribution in [3.05, 3.63) is 59.7 Å². The number of nitrogens with one attached hydrogen (secondary N) is 1. The van der Waals surface area contributed by atoms with E-state index in [1.165, 1.54) is 5.69 Å². The van der Waals surface area contributed by atoms with E-state index in [4.69, 9.17) is 9.72 Å². The van der Waals surface area contributed by atoms with Gasteiger partial charge in [0.2, 0.25) is 0 Å². The molecule has 0 unspecified atom stereocenters. The highest BCUT2D eigenvalue weighted by molar-refractivity contribution is 7.17. The maximum atomic E-state index is 5.31. The van der Waals surface area contributed by atoms with Gasteiger partial charge in [0.05, 0.1) is 12.5 Å². The van der Waals surface area contributed by atoms with Gasteiger partial charge in [-0.05, 0) is 55.9 Å². The summed E-state index contributed by atoms with van der Waals surface area (Å²) in [5, 5.41) is 6.75. The Morgan fingerprint density at radius 1 is 0.938 bits per heavy atom. The third-order valence-corrected chi connectivity index (χ3v) is 6.82. The van der Waals surface area contributed by atoms with E-state index in [1.54, 1.807) is 18.4 Å². The van der Waals surface area contributed by atoms with Crippen molar-refractivity contribution < 1.29 is 4.74 Å². The Morgan fingerprint density at radius 2 is 1.66 bits per heavy atom. The molecule has 164 valence electrons. The molecule has 2 aromatic carbocycles. The Morgan fingerprint density at radius 3 is 2.34 bits per heavy atom. The summed E-state index contributed by atoms with van der Waals surface area (Å²) < 4.78 is 5.31. The second-order valence-corrected chi connectivity index (χ2v) is 9.00. The fourth-order valence-electron chi connectivity index (χ4n) is 4.08. The number of methoxy groups -OCH3 is 1. The van der Waals surface area contributed by atoms with Crippen LogP contribution in [0, 0.1) is 6.92 Å².